The van der Waals surface area contributed by atoms with Crippen LogP contribution in [0.3, 0.4) is 0 Å². The molecule has 1 aliphatic carbocycles. The number of aliphatic hydroxyl groups is 1. The molecule has 1 fully saturated rings. The van der Waals surface area contributed by atoms with E-state index in [2.05, 4.69) is 0 Å². The average molecular weight is 367 g/mol. The number of hydrogen-bond acceptors (Lipinski definition) is 2. The van der Waals surface area contributed by atoms with Crippen LogP contribution in [0.2, 0.25) is 0 Å². The topological polar surface area (TPSA) is 57.5 Å². The Balaban J connectivity index is 0. The van der Waals surface area contributed by atoms with Crippen molar-refractivity contribution in [2.75, 3.05) is 0 Å². The Bertz CT molecular complexity index is 107. The third-order valence-corrected chi connectivity index (χ3v) is 1.57. The van der Waals surface area contributed by atoms with Crippen LogP contribution in [-0.2, 0) is 4.79 Å². The van der Waals surface area contributed by atoms with Crippen LogP contribution in [0.1, 0.15) is 39.0 Å². The number of carboxylic acid groups (broad SMARTS) is 1. The van der Waals surface area contributed by atoms with Crippen LogP contribution >= 0.6 is 0 Å². The van der Waals surface area contributed by atoms with Crippen LogP contribution in [0.25, 0.3) is 0 Å². The quantitative estimate of drug-likeness (QED) is 0.629. The summed E-state index contributed by atoms with van der Waals surface area (Å²) in [7, 11) is 0. The molecule has 1 aliphatic rings. The van der Waals surface area contributed by atoms with Gasteiger partial charge >= 0.3 is 0 Å². The van der Waals surface area contributed by atoms with Gasteiger partial charge in [-0.2, -0.15) is 0 Å². The summed E-state index contributed by atoms with van der Waals surface area (Å²) in [4.78, 5) is 9.00. The van der Waals surface area contributed by atoms with E-state index >= 15 is 0 Å². The molecular formula is C8H16O3Pb. The molecule has 3 nitrogen and oxygen atoms in total. The maximum atomic E-state index is 9.00. The second kappa shape index (κ2) is 9.44. The van der Waals surface area contributed by atoms with Crippen molar-refractivity contribution in [1.82, 2.24) is 0 Å². The standard InChI is InChI=1S/C6H12O.C2H4O2.Pb/c7-6-4-2-1-3-5-6;1-2(3)4;/h6-7H,1-5H2;1H3,(H,3,4);. The molecule has 1 rings (SSSR count). The summed E-state index contributed by atoms with van der Waals surface area (Å²) < 4.78 is 0. The van der Waals surface area contributed by atoms with Crippen LogP contribution in [0.15, 0.2) is 0 Å². The predicted octanol–water partition coefficient (Wildman–Crippen LogP) is 1.02. The van der Waals surface area contributed by atoms with E-state index in [1.54, 1.807) is 0 Å². The minimum Gasteiger partial charge on any atom is -0.481 e. The zero-order valence-electron chi connectivity index (χ0n) is 7.42. The monoisotopic (exact) mass is 368 g/mol. The van der Waals surface area contributed by atoms with Gasteiger partial charge in [-0.3, -0.25) is 4.79 Å². The van der Waals surface area contributed by atoms with Crippen molar-refractivity contribution >= 4 is 33.3 Å². The SMILES string of the molecule is CC(=O)O.OC1CCCCC1.[Pb]. The first kappa shape index (κ1) is 14.9. The first-order valence-corrected chi connectivity index (χ1v) is 4.00. The molecule has 1 saturated carbocycles. The van der Waals surface area contributed by atoms with Gasteiger partial charge in [-0.1, -0.05) is 19.3 Å². The molecule has 0 spiro atoms. The fourth-order valence-electron chi connectivity index (χ4n) is 1.08. The largest absolute Gasteiger partial charge is 0.481 e. The van der Waals surface area contributed by atoms with E-state index in [9.17, 15) is 0 Å². The number of rotatable bonds is 0. The molecular weight excluding hydrogens is 351 g/mol. The third kappa shape index (κ3) is 13.0. The molecule has 0 aromatic rings. The van der Waals surface area contributed by atoms with Gasteiger partial charge in [-0.15, -0.1) is 0 Å². The van der Waals surface area contributed by atoms with Gasteiger partial charge in [0.2, 0.25) is 0 Å². The van der Waals surface area contributed by atoms with Crippen molar-refractivity contribution < 1.29 is 15.0 Å². The Labute approximate surface area is 93.3 Å². The summed E-state index contributed by atoms with van der Waals surface area (Å²) in [6, 6.07) is 0. The second-order valence-electron chi connectivity index (χ2n) is 2.81. The van der Waals surface area contributed by atoms with Crippen LogP contribution in [-0.4, -0.2) is 49.6 Å². The van der Waals surface area contributed by atoms with E-state index in [0.29, 0.717) is 0 Å². The molecule has 0 atom stereocenters. The molecule has 2 N–H and O–H groups in total. The second-order valence-corrected chi connectivity index (χ2v) is 2.81. The predicted molar refractivity (Wildman–Crippen MR) is 48.2 cm³/mol. The zero-order valence-corrected chi connectivity index (χ0v) is 11.3. The maximum absolute atomic E-state index is 9.00. The Kier molecular flexibility index (Phi) is 11.7. The summed E-state index contributed by atoms with van der Waals surface area (Å²) in [5.74, 6) is -0.833. The average Bonchev–Trinajstić information content (AvgIpc) is 1.87. The van der Waals surface area contributed by atoms with E-state index < -0.39 is 5.97 Å². The molecule has 0 saturated heterocycles. The number of carboxylic acids is 1. The van der Waals surface area contributed by atoms with Crippen molar-refractivity contribution in [3.8, 4) is 0 Å². The van der Waals surface area contributed by atoms with Gasteiger partial charge in [0.15, 0.2) is 0 Å². The smallest absolute Gasteiger partial charge is 0.300 e. The molecule has 0 heterocycles. The van der Waals surface area contributed by atoms with Gasteiger partial charge in [0, 0.05) is 34.2 Å². The van der Waals surface area contributed by atoms with Gasteiger partial charge in [-0.05, 0) is 12.8 Å². The molecule has 0 aromatic heterocycles. The van der Waals surface area contributed by atoms with E-state index in [0.717, 1.165) is 19.8 Å². The van der Waals surface area contributed by atoms with Crippen LogP contribution in [0.4, 0.5) is 0 Å². The number of hydrogen-bond donors (Lipinski definition) is 2. The Hall–Kier alpha value is 0.352. The fraction of sp³-hybridized carbons (Fsp3) is 0.875. The molecule has 0 aromatic carbocycles. The van der Waals surface area contributed by atoms with E-state index in [-0.39, 0.29) is 33.4 Å². The molecule has 0 unspecified atom stereocenters. The summed E-state index contributed by atoms with van der Waals surface area (Å²) in [6.07, 6.45) is 5.92. The van der Waals surface area contributed by atoms with Crippen molar-refractivity contribution in [3.05, 3.63) is 0 Å². The summed E-state index contributed by atoms with van der Waals surface area (Å²) >= 11 is 0. The van der Waals surface area contributed by atoms with Gasteiger partial charge < -0.3 is 10.2 Å². The van der Waals surface area contributed by atoms with Gasteiger partial charge in [0.1, 0.15) is 0 Å². The summed E-state index contributed by atoms with van der Waals surface area (Å²) in [5, 5.41) is 16.3. The maximum Gasteiger partial charge on any atom is 0.300 e. The Morgan fingerprint density at radius 2 is 1.58 bits per heavy atom. The van der Waals surface area contributed by atoms with Crippen LogP contribution in [0.5, 0.6) is 0 Å². The van der Waals surface area contributed by atoms with Crippen LogP contribution in [0, 0.1) is 0 Å². The summed E-state index contributed by atoms with van der Waals surface area (Å²) in [5.41, 5.74) is 0. The first-order chi connectivity index (χ1) is 5.13. The van der Waals surface area contributed by atoms with Crippen molar-refractivity contribution in [2.24, 2.45) is 0 Å². The third-order valence-electron chi connectivity index (χ3n) is 1.57. The van der Waals surface area contributed by atoms with Gasteiger partial charge in [0.25, 0.3) is 5.97 Å². The normalized spacial score (nSPS) is 16.8. The van der Waals surface area contributed by atoms with E-state index in [4.69, 9.17) is 15.0 Å². The van der Waals surface area contributed by atoms with Crippen LogP contribution < -0.4 is 0 Å². The molecule has 0 aliphatic heterocycles. The molecule has 0 bridgehead atoms. The van der Waals surface area contributed by atoms with Crippen molar-refractivity contribution in [1.29, 1.82) is 0 Å². The Morgan fingerprint density at radius 3 is 1.75 bits per heavy atom. The molecule has 12 heavy (non-hydrogen) atoms. The molecule has 70 valence electrons. The first-order valence-electron chi connectivity index (χ1n) is 4.00. The van der Waals surface area contributed by atoms with Gasteiger partial charge in [-0.25, -0.2) is 0 Å². The van der Waals surface area contributed by atoms with Crippen molar-refractivity contribution in [3.63, 3.8) is 0 Å². The summed E-state index contributed by atoms with van der Waals surface area (Å²) in [6.45, 7) is 1.08. The zero-order chi connectivity index (χ0) is 8.69. The number of carbonyl (C=O) groups is 1. The molecule has 4 heteroatoms. The minimum atomic E-state index is -0.833. The number of aliphatic hydroxyl groups excluding tert-OH is 1. The minimum absolute atomic E-state index is 0. The van der Waals surface area contributed by atoms with E-state index in [1.807, 2.05) is 0 Å². The Morgan fingerprint density at radius 1 is 1.25 bits per heavy atom. The van der Waals surface area contributed by atoms with E-state index in [1.165, 1.54) is 19.3 Å². The fourth-order valence-corrected chi connectivity index (χ4v) is 1.08. The molecule has 4 radical (unpaired) electrons. The molecule has 0 amide bonds. The van der Waals surface area contributed by atoms with Crippen molar-refractivity contribution in [2.45, 2.75) is 45.1 Å². The number of aliphatic carboxylic acids is 1. The van der Waals surface area contributed by atoms with Gasteiger partial charge in [0.05, 0.1) is 6.10 Å².